The second kappa shape index (κ2) is 5.83. The number of halogens is 1. The van der Waals surface area contributed by atoms with E-state index < -0.39 is 0 Å². The maximum Gasteiger partial charge on any atom is 0.255 e. The van der Waals surface area contributed by atoms with Crippen LogP contribution < -0.4 is 14.8 Å². The van der Waals surface area contributed by atoms with Crippen molar-refractivity contribution in [2.75, 3.05) is 19.5 Å². The van der Waals surface area contributed by atoms with E-state index in [1.807, 2.05) is 0 Å². The van der Waals surface area contributed by atoms with E-state index >= 15 is 0 Å². The van der Waals surface area contributed by atoms with Crippen LogP contribution in [0.2, 0.25) is 5.02 Å². The molecule has 20 heavy (non-hydrogen) atoms. The summed E-state index contributed by atoms with van der Waals surface area (Å²) in [6.45, 7) is 0. The van der Waals surface area contributed by atoms with Crippen LogP contribution in [0.5, 0.6) is 11.5 Å². The molecule has 106 valence electrons. The van der Waals surface area contributed by atoms with E-state index in [9.17, 15) is 4.79 Å². The largest absolute Gasteiger partial charge is 0.493 e. The lowest BCUT2D eigenvalue weighted by Crippen LogP contribution is -2.12. The third kappa shape index (κ3) is 2.85. The highest BCUT2D eigenvalue weighted by molar-refractivity contribution is 6.32. The Hall–Kier alpha value is -2.21. The molecule has 0 aliphatic heterocycles. The summed E-state index contributed by atoms with van der Waals surface area (Å²) in [6.07, 6.45) is 3.25. The monoisotopic (exact) mass is 295 g/mol. The first-order chi connectivity index (χ1) is 9.55. The van der Waals surface area contributed by atoms with Gasteiger partial charge in [0.1, 0.15) is 0 Å². The normalized spacial score (nSPS) is 10.2. The molecule has 1 aromatic heterocycles. The number of aromatic nitrogens is 2. The minimum atomic E-state index is -0.305. The second-order valence-corrected chi connectivity index (χ2v) is 4.46. The van der Waals surface area contributed by atoms with E-state index in [4.69, 9.17) is 21.1 Å². The Balaban J connectivity index is 2.28. The summed E-state index contributed by atoms with van der Waals surface area (Å²) in [7, 11) is 4.74. The van der Waals surface area contributed by atoms with E-state index in [0.717, 1.165) is 0 Å². The number of anilines is 1. The summed E-state index contributed by atoms with van der Waals surface area (Å²) in [6, 6.07) is 3.09. The maximum atomic E-state index is 12.1. The standard InChI is InChI=1S/C13H14ClN3O3/c1-17-7-9(6-15-17)16-13(18)8-4-10(14)12(20-3)11(5-8)19-2/h4-7H,1-3H3,(H,16,18). The van der Waals surface area contributed by atoms with Gasteiger partial charge in [0.15, 0.2) is 11.5 Å². The van der Waals surface area contributed by atoms with Gasteiger partial charge >= 0.3 is 0 Å². The fraction of sp³-hybridized carbons (Fsp3) is 0.231. The van der Waals surface area contributed by atoms with Crippen LogP contribution in [0, 0.1) is 0 Å². The molecule has 2 rings (SSSR count). The summed E-state index contributed by atoms with van der Waals surface area (Å²) in [5, 5.41) is 7.00. The SMILES string of the molecule is COc1cc(C(=O)Nc2cnn(C)c2)cc(Cl)c1OC. The Bertz CT molecular complexity index is 640. The molecule has 7 heteroatoms. The molecule has 1 heterocycles. The van der Waals surface area contributed by atoms with Crippen LogP contribution >= 0.6 is 11.6 Å². The predicted octanol–water partition coefficient (Wildman–Crippen LogP) is 2.34. The van der Waals surface area contributed by atoms with Crippen molar-refractivity contribution in [3.8, 4) is 11.5 Å². The Morgan fingerprint density at radius 3 is 2.65 bits per heavy atom. The Morgan fingerprint density at radius 2 is 2.10 bits per heavy atom. The molecule has 0 fully saturated rings. The molecule has 0 aliphatic carbocycles. The third-order valence-corrected chi connectivity index (χ3v) is 2.94. The zero-order chi connectivity index (χ0) is 14.7. The van der Waals surface area contributed by atoms with Gasteiger partial charge in [-0.2, -0.15) is 5.10 Å². The van der Waals surface area contributed by atoms with Crippen LogP contribution in [0.1, 0.15) is 10.4 Å². The van der Waals surface area contributed by atoms with Gasteiger partial charge < -0.3 is 14.8 Å². The third-order valence-electron chi connectivity index (χ3n) is 2.66. The van der Waals surface area contributed by atoms with Gasteiger partial charge in [0.25, 0.3) is 5.91 Å². The molecule has 0 atom stereocenters. The summed E-state index contributed by atoms with van der Waals surface area (Å²) in [5.74, 6) is 0.490. The number of nitrogens with one attached hydrogen (secondary N) is 1. The highest BCUT2D eigenvalue weighted by Gasteiger charge is 2.15. The molecule has 0 saturated carbocycles. The highest BCUT2D eigenvalue weighted by atomic mass is 35.5. The van der Waals surface area contributed by atoms with Crippen molar-refractivity contribution in [2.45, 2.75) is 0 Å². The van der Waals surface area contributed by atoms with Gasteiger partial charge in [0.2, 0.25) is 0 Å². The van der Waals surface area contributed by atoms with Gasteiger partial charge in [-0.3, -0.25) is 9.48 Å². The Morgan fingerprint density at radius 1 is 1.35 bits per heavy atom. The number of rotatable bonds is 4. The van der Waals surface area contributed by atoms with Crippen molar-refractivity contribution in [3.05, 3.63) is 35.1 Å². The fourth-order valence-corrected chi connectivity index (χ4v) is 2.03. The zero-order valence-corrected chi connectivity index (χ0v) is 12.1. The lowest BCUT2D eigenvalue weighted by molar-refractivity contribution is 0.102. The van der Waals surface area contributed by atoms with Gasteiger partial charge in [0.05, 0.1) is 31.1 Å². The Kier molecular flexibility index (Phi) is 4.14. The van der Waals surface area contributed by atoms with E-state index in [2.05, 4.69) is 10.4 Å². The number of benzene rings is 1. The second-order valence-electron chi connectivity index (χ2n) is 4.05. The minimum absolute atomic E-state index is 0.305. The Labute approximate surface area is 121 Å². The first-order valence-corrected chi connectivity index (χ1v) is 6.14. The number of hydrogen-bond acceptors (Lipinski definition) is 4. The summed E-state index contributed by atoms with van der Waals surface area (Å²) >= 11 is 6.06. The number of carbonyl (C=O) groups excluding carboxylic acids is 1. The van der Waals surface area contributed by atoms with E-state index in [1.54, 1.807) is 30.2 Å². The van der Waals surface area contributed by atoms with Crippen molar-refractivity contribution >= 4 is 23.2 Å². The summed E-state index contributed by atoms with van der Waals surface area (Å²) < 4.78 is 11.9. The topological polar surface area (TPSA) is 65.4 Å². The molecule has 0 spiro atoms. The number of ether oxygens (including phenoxy) is 2. The number of aryl methyl sites for hydroxylation is 1. The molecule has 0 saturated heterocycles. The summed E-state index contributed by atoms with van der Waals surface area (Å²) in [4.78, 5) is 12.1. The minimum Gasteiger partial charge on any atom is -0.493 e. The molecule has 1 N–H and O–H groups in total. The molecular formula is C13H14ClN3O3. The van der Waals surface area contributed by atoms with Crippen LogP contribution in [-0.2, 0) is 7.05 Å². The average Bonchev–Trinajstić information content (AvgIpc) is 2.82. The molecule has 0 radical (unpaired) electrons. The van der Waals surface area contributed by atoms with E-state index in [-0.39, 0.29) is 5.91 Å². The van der Waals surface area contributed by atoms with Crippen LogP contribution in [0.25, 0.3) is 0 Å². The van der Waals surface area contributed by atoms with Gasteiger partial charge in [0, 0.05) is 18.8 Å². The quantitative estimate of drug-likeness (QED) is 0.940. The van der Waals surface area contributed by atoms with Crippen LogP contribution in [0.4, 0.5) is 5.69 Å². The lowest BCUT2D eigenvalue weighted by atomic mass is 10.2. The molecule has 0 unspecified atom stereocenters. The predicted molar refractivity (Wildman–Crippen MR) is 75.7 cm³/mol. The van der Waals surface area contributed by atoms with Gasteiger partial charge in [-0.05, 0) is 12.1 Å². The number of carbonyl (C=O) groups is 1. The number of nitrogens with zero attached hydrogens (tertiary/aromatic N) is 2. The van der Waals surface area contributed by atoms with Crippen molar-refractivity contribution < 1.29 is 14.3 Å². The van der Waals surface area contributed by atoms with Crippen LogP contribution in [-0.4, -0.2) is 29.9 Å². The molecule has 0 aliphatic rings. The van der Waals surface area contributed by atoms with Gasteiger partial charge in [-0.1, -0.05) is 11.6 Å². The van der Waals surface area contributed by atoms with Crippen molar-refractivity contribution in [3.63, 3.8) is 0 Å². The van der Waals surface area contributed by atoms with Crippen molar-refractivity contribution in [1.82, 2.24) is 9.78 Å². The van der Waals surface area contributed by atoms with E-state index in [0.29, 0.717) is 27.8 Å². The number of methoxy groups -OCH3 is 2. The number of hydrogen-bond donors (Lipinski definition) is 1. The molecule has 6 nitrogen and oxygen atoms in total. The highest BCUT2D eigenvalue weighted by Crippen LogP contribution is 2.36. The fourth-order valence-electron chi connectivity index (χ4n) is 1.74. The summed E-state index contributed by atoms with van der Waals surface area (Å²) in [5.41, 5.74) is 0.972. The smallest absolute Gasteiger partial charge is 0.255 e. The first-order valence-electron chi connectivity index (χ1n) is 5.76. The van der Waals surface area contributed by atoms with Crippen LogP contribution in [0.3, 0.4) is 0 Å². The first kappa shape index (κ1) is 14.2. The van der Waals surface area contributed by atoms with Crippen molar-refractivity contribution in [2.24, 2.45) is 7.05 Å². The molecule has 0 bridgehead atoms. The van der Waals surface area contributed by atoms with E-state index in [1.165, 1.54) is 20.3 Å². The van der Waals surface area contributed by atoms with Crippen LogP contribution in [0.15, 0.2) is 24.5 Å². The van der Waals surface area contributed by atoms with Gasteiger partial charge in [-0.15, -0.1) is 0 Å². The molecule has 1 aromatic carbocycles. The zero-order valence-electron chi connectivity index (χ0n) is 11.3. The lowest BCUT2D eigenvalue weighted by Gasteiger charge is -2.11. The number of amides is 1. The molecule has 1 amide bonds. The molecule has 2 aromatic rings. The van der Waals surface area contributed by atoms with Crippen molar-refractivity contribution in [1.29, 1.82) is 0 Å². The average molecular weight is 296 g/mol. The maximum absolute atomic E-state index is 12.1. The molecular weight excluding hydrogens is 282 g/mol. The van der Waals surface area contributed by atoms with Gasteiger partial charge in [-0.25, -0.2) is 0 Å².